The van der Waals surface area contributed by atoms with Gasteiger partial charge in [-0.3, -0.25) is 4.79 Å². The van der Waals surface area contributed by atoms with E-state index in [2.05, 4.69) is 17.6 Å². The zero-order chi connectivity index (χ0) is 12.1. The molecule has 0 aromatic heterocycles. The first-order chi connectivity index (χ1) is 8.29. The maximum absolute atomic E-state index is 11.7. The van der Waals surface area contributed by atoms with E-state index in [-0.39, 0.29) is 11.9 Å². The van der Waals surface area contributed by atoms with Crippen LogP contribution in [-0.2, 0) is 4.79 Å². The molecule has 3 heteroatoms. The van der Waals surface area contributed by atoms with Crippen molar-refractivity contribution in [3.05, 3.63) is 0 Å². The average molecular weight is 238 g/mol. The van der Waals surface area contributed by atoms with Crippen molar-refractivity contribution in [2.24, 2.45) is 5.92 Å². The normalized spacial score (nSPS) is 35.1. The van der Waals surface area contributed by atoms with Gasteiger partial charge in [-0.15, -0.1) is 0 Å². The van der Waals surface area contributed by atoms with Crippen molar-refractivity contribution < 1.29 is 4.79 Å². The zero-order valence-corrected chi connectivity index (χ0v) is 11.0. The lowest BCUT2D eigenvalue weighted by Gasteiger charge is -2.27. The highest BCUT2D eigenvalue weighted by Gasteiger charge is 2.26. The molecule has 2 rings (SSSR count). The van der Waals surface area contributed by atoms with Crippen LogP contribution < -0.4 is 10.6 Å². The third-order valence-electron chi connectivity index (χ3n) is 4.39. The van der Waals surface area contributed by atoms with Crippen LogP contribution in [0.15, 0.2) is 0 Å². The molecule has 1 saturated carbocycles. The molecule has 1 heterocycles. The summed E-state index contributed by atoms with van der Waals surface area (Å²) in [4.78, 5) is 11.7. The number of rotatable bonds is 3. The Morgan fingerprint density at radius 2 is 2.06 bits per heavy atom. The molecule has 1 amide bonds. The van der Waals surface area contributed by atoms with Gasteiger partial charge in [0.2, 0.25) is 5.91 Å². The van der Waals surface area contributed by atoms with Crippen LogP contribution in [0.4, 0.5) is 0 Å². The summed E-state index contributed by atoms with van der Waals surface area (Å²) in [5.41, 5.74) is 0. The number of nitrogens with one attached hydrogen (secondary N) is 2. The third-order valence-corrected chi connectivity index (χ3v) is 4.39. The first-order valence-electron chi connectivity index (χ1n) is 7.33. The Balaban J connectivity index is 1.80. The van der Waals surface area contributed by atoms with E-state index in [1.165, 1.54) is 38.5 Å². The van der Waals surface area contributed by atoms with Gasteiger partial charge in [0, 0.05) is 12.6 Å². The minimum absolute atomic E-state index is 0.0759. The molecule has 17 heavy (non-hydrogen) atoms. The van der Waals surface area contributed by atoms with Crippen LogP contribution in [0.2, 0.25) is 0 Å². The monoisotopic (exact) mass is 238 g/mol. The van der Waals surface area contributed by atoms with Gasteiger partial charge in [-0.2, -0.15) is 0 Å². The highest BCUT2D eigenvalue weighted by Crippen LogP contribution is 2.26. The maximum atomic E-state index is 11.7. The fraction of sp³-hybridized carbons (Fsp3) is 0.929. The Labute approximate surface area is 105 Å². The lowest BCUT2D eigenvalue weighted by molar-refractivity contribution is -0.124. The minimum atomic E-state index is 0.0759. The Morgan fingerprint density at radius 3 is 2.82 bits per heavy atom. The summed E-state index contributed by atoms with van der Waals surface area (Å²) in [5.74, 6) is 1.13. The topological polar surface area (TPSA) is 41.1 Å². The third kappa shape index (κ3) is 3.70. The molecule has 0 bridgehead atoms. The molecule has 98 valence electrons. The highest BCUT2D eigenvalue weighted by atomic mass is 16.2. The molecular formula is C14H26N2O. The molecule has 3 atom stereocenters. The maximum Gasteiger partial charge on any atom is 0.237 e. The van der Waals surface area contributed by atoms with Gasteiger partial charge in [0.05, 0.1) is 6.04 Å². The second-order valence-corrected chi connectivity index (χ2v) is 5.63. The molecule has 0 aromatic rings. The van der Waals surface area contributed by atoms with Crippen molar-refractivity contribution in [1.29, 1.82) is 0 Å². The number of carbonyl (C=O) groups is 1. The first kappa shape index (κ1) is 12.9. The molecular weight excluding hydrogens is 212 g/mol. The van der Waals surface area contributed by atoms with E-state index in [1.807, 2.05) is 0 Å². The predicted molar refractivity (Wildman–Crippen MR) is 69.8 cm³/mol. The summed E-state index contributed by atoms with van der Waals surface area (Å²) in [6.45, 7) is 3.16. The molecule has 2 N–H and O–H groups in total. The summed E-state index contributed by atoms with van der Waals surface area (Å²) in [6, 6.07) is 0.646. The predicted octanol–water partition coefficient (Wildman–Crippen LogP) is 2.21. The van der Waals surface area contributed by atoms with Gasteiger partial charge >= 0.3 is 0 Å². The van der Waals surface area contributed by atoms with Gasteiger partial charge < -0.3 is 10.6 Å². The van der Waals surface area contributed by atoms with Crippen molar-refractivity contribution in [1.82, 2.24) is 10.6 Å². The molecule has 1 aliphatic heterocycles. The van der Waals surface area contributed by atoms with Crippen LogP contribution in [0.5, 0.6) is 0 Å². The van der Waals surface area contributed by atoms with E-state index in [0.717, 1.165) is 25.3 Å². The minimum Gasteiger partial charge on any atom is -0.355 e. The molecule has 1 aliphatic carbocycles. The largest absolute Gasteiger partial charge is 0.355 e. The van der Waals surface area contributed by atoms with E-state index in [9.17, 15) is 4.79 Å². The summed E-state index contributed by atoms with van der Waals surface area (Å²) < 4.78 is 0. The van der Waals surface area contributed by atoms with Crippen LogP contribution in [0, 0.1) is 5.92 Å². The average Bonchev–Trinajstić information content (AvgIpc) is 2.57. The van der Waals surface area contributed by atoms with Gasteiger partial charge in [-0.05, 0) is 38.0 Å². The van der Waals surface area contributed by atoms with Gasteiger partial charge in [0.1, 0.15) is 0 Å². The Morgan fingerprint density at radius 1 is 1.18 bits per heavy atom. The molecule has 2 aliphatic rings. The Bertz CT molecular complexity index is 255. The number of hydrogen-bond acceptors (Lipinski definition) is 2. The first-order valence-corrected chi connectivity index (χ1v) is 7.33. The molecule has 0 spiro atoms. The molecule has 0 aromatic carbocycles. The number of carbonyl (C=O) groups excluding carboxylic acids is 1. The van der Waals surface area contributed by atoms with Crippen LogP contribution in [-0.4, -0.2) is 24.5 Å². The Kier molecular flexibility index (Phi) is 4.84. The molecule has 0 radical (unpaired) electrons. The van der Waals surface area contributed by atoms with Crippen LogP contribution >= 0.6 is 0 Å². The quantitative estimate of drug-likeness (QED) is 0.740. The standard InChI is InChI=1S/C14H26N2O/c1-2-11-5-3-6-12(9-8-11)16-13-7-4-10-15-14(13)17/h11-13,16H,2-10H2,1H3,(H,15,17). The van der Waals surface area contributed by atoms with E-state index < -0.39 is 0 Å². The van der Waals surface area contributed by atoms with Gasteiger partial charge in [0.25, 0.3) is 0 Å². The van der Waals surface area contributed by atoms with Crippen LogP contribution in [0.1, 0.15) is 58.3 Å². The van der Waals surface area contributed by atoms with E-state index >= 15 is 0 Å². The van der Waals surface area contributed by atoms with Crippen LogP contribution in [0.3, 0.4) is 0 Å². The van der Waals surface area contributed by atoms with Crippen molar-refractivity contribution in [3.63, 3.8) is 0 Å². The number of hydrogen-bond donors (Lipinski definition) is 2. The fourth-order valence-corrected chi connectivity index (χ4v) is 3.17. The molecule has 3 nitrogen and oxygen atoms in total. The summed E-state index contributed by atoms with van der Waals surface area (Å²) in [5, 5.41) is 6.54. The SMILES string of the molecule is CCC1CCCC(NC2CCCNC2=O)CC1. The summed E-state index contributed by atoms with van der Waals surface area (Å²) in [7, 11) is 0. The Hall–Kier alpha value is -0.570. The highest BCUT2D eigenvalue weighted by molar-refractivity contribution is 5.82. The smallest absolute Gasteiger partial charge is 0.237 e. The zero-order valence-electron chi connectivity index (χ0n) is 11.0. The van der Waals surface area contributed by atoms with Crippen molar-refractivity contribution in [3.8, 4) is 0 Å². The lowest BCUT2D eigenvalue weighted by Crippen LogP contribution is -2.51. The number of amides is 1. The van der Waals surface area contributed by atoms with E-state index in [1.54, 1.807) is 0 Å². The van der Waals surface area contributed by atoms with E-state index in [4.69, 9.17) is 0 Å². The molecule has 3 unspecified atom stereocenters. The van der Waals surface area contributed by atoms with E-state index in [0.29, 0.717) is 6.04 Å². The van der Waals surface area contributed by atoms with Gasteiger partial charge in [0.15, 0.2) is 0 Å². The van der Waals surface area contributed by atoms with Crippen LogP contribution in [0.25, 0.3) is 0 Å². The van der Waals surface area contributed by atoms with Crippen molar-refractivity contribution >= 4 is 5.91 Å². The summed E-state index contributed by atoms with van der Waals surface area (Å²) >= 11 is 0. The van der Waals surface area contributed by atoms with Crippen molar-refractivity contribution in [2.45, 2.75) is 70.4 Å². The lowest BCUT2D eigenvalue weighted by atomic mass is 9.97. The van der Waals surface area contributed by atoms with Gasteiger partial charge in [-0.1, -0.05) is 26.2 Å². The summed E-state index contributed by atoms with van der Waals surface area (Å²) in [6.07, 6.45) is 9.99. The van der Waals surface area contributed by atoms with Crippen molar-refractivity contribution in [2.75, 3.05) is 6.54 Å². The fourth-order valence-electron chi connectivity index (χ4n) is 3.17. The van der Waals surface area contributed by atoms with Gasteiger partial charge in [-0.25, -0.2) is 0 Å². The second kappa shape index (κ2) is 6.39. The molecule has 2 fully saturated rings. The molecule has 1 saturated heterocycles. The number of piperidine rings is 1. The second-order valence-electron chi connectivity index (χ2n) is 5.63.